The van der Waals surface area contributed by atoms with Crippen LogP contribution >= 0.6 is 0 Å². The van der Waals surface area contributed by atoms with Crippen LogP contribution in [0.25, 0.3) is 0 Å². The number of aryl methyl sites for hydroxylation is 2. The molecule has 2 aromatic rings. The lowest BCUT2D eigenvalue weighted by Gasteiger charge is -2.06. The van der Waals surface area contributed by atoms with Gasteiger partial charge in [-0.1, -0.05) is 0 Å². The van der Waals surface area contributed by atoms with Crippen LogP contribution in [0, 0.1) is 13.8 Å². The Bertz CT molecular complexity index is 790. The molecule has 0 radical (unpaired) electrons. The van der Waals surface area contributed by atoms with E-state index in [0.717, 1.165) is 4.68 Å². The van der Waals surface area contributed by atoms with E-state index in [9.17, 15) is 13.2 Å². The summed E-state index contributed by atoms with van der Waals surface area (Å²) in [5.41, 5.74) is 0.496. The Morgan fingerprint density at radius 1 is 1.38 bits per heavy atom. The highest BCUT2D eigenvalue weighted by Gasteiger charge is 2.25. The molecule has 0 aromatic carbocycles. The maximum Gasteiger partial charge on any atom is 0.325 e. The van der Waals surface area contributed by atoms with Crippen molar-refractivity contribution in [2.45, 2.75) is 25.3 Å². The van der Waals surface area contributed by atoms with Gasteiger partial charge in [0.1, 0.15) is 11.4 Å². The zero-order valence-corrected chi connectivity index (χ0v) is 12.5. The smallest absolute Gasteiger partial charge is 0.325 e. The molecule has 0 bridgehead atoms. The number of anilines is 1. The van der Waals surface area contributed by atoms with Crippen LogP contribution in [-0.4, -0.2) is 39.1 Å². The van der Waals surface area contributed by atoms with Crippen molar-refractivity contribution in [1.82, 2.24) is 19.6 Å². The largest absolute Gasteiger partial charge is 0.480 e. The van der Waals surface area contributed by atoms with Gasteiger partial charge in [0.2, 0.25) is 0 Å². The van der Waals surface area contributed by atoms with Crippen LogP contribution in [0.5, 0.6) is 0 Å². The molecule has 0 fully saturated rings. The zero-order valence-electron chi connectivity index (χ0n) is 11.7. The summed E-state index contributed by atoms with van der Waals surface area (Å²) in [5.74, 6) is -0.912. The van der Waals surface area contributed by atoms with Gasteiger partial charge in [0.15, 0.2) is 5.82 Å². The van der Waals surface area contributed by atoms with E-state index in [-0.39, 0.29) is 22.1 Å². The fourth-order valence-electron chi connectivity index (χ4n) is 2.01. The zero-order chi connectivity index (χ0) is 15.8. The number of hydrogen-bond donors (Lipinski definition) is 2. The number of nitrogens with zero attached hydrogens (tertiary/aromatic N) is 4. The normalized spacial score (nSPS) is 11.6. The second-order valence-corrected chi connectivity index (χ2v) is 6.15. The second-order valence-electron chi connectivity index (χ2n) is 4.53. The SMILES string of the molecule is Cc1nn(CC(=O)O)c(C)c1S(=O)(=O)Nc1ccn(C)n1. The van der Waals surface area contributed by atoms with E-state index in [1.165, 1.54) is 24.6 Å². The highest BCUT2D eigenvalue weighted by Crippen LogP contribution is 2.21. The molecule has 0 aliphatic heterocycles. The molecule has 2 aromatic heterocycles. The van der Waals surface area contributed by atoms with E-state index in [4.69, 9.17) is 5.11 Å². The lowest BCUT2D eigenvalue weighted by atomic mass is 10.4. The molecule has 10 heteroatoms. The molecule has 0 spiro atoms. The molecule has 0 aliphatic rings. The fourth-order valence-corrected chi connectivity index (χ4v) is 3.42. The average molecular weight is 313 g/mol. The molecule has 0 atom stereocenters. The van der Waals surface area contributed by atoms with E-state index >= 15 is 0 Å². The maximum absolute atomic E-state index is 12.4. The summed E-state index contributed by atoms with van der Waals surface area (Å²) in [5, 5.41) is 16.7. The van der Waals surface area contributed by atoms with Crippen molar-refractivity contribution in [2.24, 2.45) is 7.05 Å². The van der Waals surface area contributed by atoms with Crippen LogP contribution in [0.4, 0.5) is 5.82 Å². The summed E-state index contributed by atoms with van der Waals surface area (Å²) >= 11 is 0. The van der Waals surface area contributed by atoms with Gasteiger partial charge in [0, 0.05) is 19.3 Å². The van der Waals surface area contributed by atoms with E-state index in [1.807, 2.05) is 0 Å². The van der Waals surface area contributed by atoms with Gasteiger partial charge in [-0.15, -0.1) is 0 Å². The van der Waals surface area contributed by atoms with Crippen LogP contribution in [0.2, 0.25) is 0 Å². The number of hydrogen-bond acceptors (Lipinski definition) is 5. The first-order chi connectivity index (χ1) is 9.70. The van der Waals surface area contributed by atoms with Crippen LogP contribution in [-0.2, 0) is 28.4 Å². The van der Waals surface area contributed by atoms with Crippen molar-refractivity contribution >= 4 is 21.8 Å². The molecule has 0 unspecified atom stereocenters. The molecule has 0 saturated heterocycles. The molecule has 114 valence electrons. The number of aliphatic carboxylic acids is 1. The quantitative estimate of drug-likeness (QED) is 0.809. The van der Waals surface area contributed by atoms with Gasteiger partial charge in [-0.25, -0.2) is 8.42 Å². The van der Waals surface area contributed by atoms with Gasteiger partial charge < -0.3 is 5.11 Å². The van der Waals surface area contributed by atoms with Crippen LogP contribution in [0.3, 0.4) is 0 Å². The third kappa shape index (κ3) is 3.05. The Balaban J connectivity index is 2.40. The topological polar surface area (TPSA) is 119 Å². The number of rotatable bonds is 5. The standard InChI is InChI=1S/C11H15N5O4S/c1-7-11(8(2)16(12-7)6-10(17)18)21(19,20)14-9-4-5-15(3)13-9/h4-5H,6H2,1-3H3,(H,13,14)(H,17,18). The van der Waals surface area contributed by atoms with Gasteiger partial charge in [-0.2, -0.15) is 10.2 Å². The van der Waals surface area contributed by atoms with Gasteiger partial charge >= 0.3 is 5.97 Å². The van der Waals surface area contributed by atoms with Crippen molar-refractivity contribution in [1.29, 1.82) is 0 Å². The Hall–Kier alpha value is -2.36. The summed E-state index contributed by atoms with van der Waals surface area (Å²) in [6.07, 6.45) is 1.60. The van der Waals surface area contributed by atoms with Gasteiger partial charge in [0.25, 0.3) is 10.0 Å². The Morgan fingerprint density at radius 2 is 2.05 bits per heavy atom. The summed E-state index contributed by atoms with van der Waals surface area (Å²) in [4.78, 5) is 10.7. The van der Waals surface area contributed by atoms with Crippen LogP contribution in [0.15, 0.2) is 17.2 Å². The lowest BCUT2D eigenvalue weighted by Crippen LogP contribution is -2.16. The molecule has 21 heavy (non-hydrogen) atoms. The van der Waals surface area contributed by atoms with E-state index < -0.39 is 22.5 Å². The number of sulfonamides is 1. The molecular formula is C11H15N5O4S. The number of carboxylic acids is 1. The summed E-state index contributed by atoms with van der Waals surface area (Å²) in [6, 6.07) is 1.52. The predicted octanol–water partition coefficient (Wildman–Crippen LogP) is 0.119. The van der Waals surface area contributed by atoms with E-state index in [1.54, 1.807) is 13.2 Å². The van der Waals surface area contributed by atoms with Crippen LogP contribution in [0.1, 0.15) is 11.4 Å². The summed E-state index contributed by atoms with van der Waals surface area (Å²) in [6.45, 7) is 2.63. The third-order valence-corrected chi connectivity index (χ3v) is 4.43. The fraction of sp³-hybridized carbons (Fsp3) is 0.364. The predicted molar refractivity (Wildman–Crippen MR) is 73.4 cm³/mol. The highest BCUT2D eigenvalue weighted by molar-refractivity contribution is 7.92. The van der Waals surface area contributed by atoms with Gasteiger partial charge in [-0.3, -0.25) is 18.9 Å². The molecule has 2 rings (SSSR count). The number of aromatic nitrogens is 4. The molecule has 0 amide bonds. The Morgan fingerprint density at radius 3 is 2.57 bits per heavy atom. The second kappa shape index (κ2) is 5.20. The van der Waals surface area contributed by atoms with Crippen molar-refractivity contribution in [3.63, 3.8) is 0 Å². The summed E-state index contributed by atoms with van der Waals surface area (Å²) in [7, 11) is -2.21. The monoisotopic (exact) mass is 313 g/mol. The van der Waals surface area contributed by atoms with Crippen molar-refractivity contribution < 1.29 is 18.3 Å². The number of nitrogens with one attached hydrogen (secondary N) is 1. The highest BCUT2D eigenvalue weighted by atomic mass is 32.2. The van der Waals surface area contributed by atoms with Gasteiger partial charge in [-0.05, 0) is 13.8 Å². The van der Waals surface area contributed by atoms with E-state index in [0.29, 0.717) is 0 Å². The van der Waals surface area contributed by atoms with Crippen molar-refractivity contribution in [2.75, 3.05) is 4.72 Å². The average Bonchev–Trinajstić information content (AvgIpc) is 2.82. The third-order valence-electron chi connectivity index (χ3n) is 2.82. The molecular weight excluding hydrogens is 298 g/mol. The Kier molecular flexibility index (Phi) is 3.73. The van der Waals surface area contributed by atoms with Crippen molar-refractivity contribution in [3.05, 3.63) is 23.7 Å². The molecule has 0 aliphatic carbocycles. The molecule has 9 nitrogen and oxygen atoms in total. The number of carboxylic acid groups (broad SMARTS) is 1. The first-order valence-electron chi connectivity index (χ1n) is 5.99. The molecule has 2 N–H and O–H groups in total. The maximum atomic E-state index is 12.4. The Labute approximate surface area is 121 Å². The van der Waals surface area contributed by atoms with Crippen LogP contribution < -0.4 is 4.72 Å². The van der Waals surface area contributed by atoms with E-state index in [2.05, 4.69) is 14.9 Å². The first kappa shape index (κ1) is 15.0. The molecule has 0 saturated carbocycles. The number of carbonyl (C=O) groups is 1. The van der Waals surface area contributed by atoms with Crippen molar-refractivity contribution in [3.8, 4) is 0 Å². The van der Waals surface area contributed by atoms with Gasteiger partial charge in [0.05, 0.1) is 11.4 Å². The first-order valence-corrected chi connectivity index (χ1v) is 7.47. The minimum atomic E-state index is -3.88. The minimum absolute atomic E-state index is 0.0330. The lowest BCUT2D eigenvalue weighted by molar-refractivity contribution is -0.137. The molecule has 2 heterocycles. The summed E-state index contributed by atoms with van der Waals surface area (Å²) < 4.78 is 29.7. The minimum Gasteiger partial charge on any atom is -0.480 e.